The third-order valence-electron chi connectivity index (χ3n) is 10.5. The Morgan fingerprint density at radius 3 is 1.75 bits per heavy atom. The molecular formula is C51H47FN2O5. The number of aliphatic hydroxyl groups is 2. The SMILES string of the molecule is CC(C)c1c(C(=O)Nc2ccccc2)c(-c2ccccc2)c(-c2ccc(F)cc2)n1CC[C@@H](O)CC(=O)O[C@H](c1ccccc1)C(O)(c1ccccc1)c1ccccc1. The number of benzene rings is 6. The highest BCUT2D eigenvalue weighted by molar-refractivity contribution is 6.12. The van der Waals surface area contributed by atoms with Gasteiger partial charge in [-0.1, -0.05) is 153 Å². The minimum Gasteiger partial charge on any atom is -0.454 e. The molecule has 3 N–H and O–H groups in total. The van der Waals surface area contributed by atoms with E-state index in [0.717, 1.165) is 11.3 Å². The highest BCUT2D eigenvalue weighted by atomic mass is 19.1. The van der Waals surface area contributed by atoms with Crippen LogP contribution in [0.5, 0.6) is 0 Å². The zero-order valence-corrected chi connectivity index (χ0v) is 33.0. The van der Waals surface area contributed by atoms with Gasteiger partial charge in [-0.25, -0.2) is 4.39 Å². The molecule has 0 saturated heterocycles. The number of para-hydroxylation sites is 1. The van der Waals surface area contributed by atoms with E-state index in [1.165, 1.54) is 12.1 Å². The summed E-state index contributed by atoms with van der Waals surface area (Å²) in [6, 6.07) is 52.3. The summed E-state index contributed by atoms with van der Waals surface area (Å²) in [4.78, 5) is 28.4. The molecule has 0 saturated carbocycles. The Labute approximate surface area is 344 Å². The van der Waals surface area contributed by atoms with Crippen molar-refractivity contribution in [1.29, 1.82) is 0 Å². The zero-order valence-electron chi connectivity index (χ0n) is 33.0. The Morgan fingerprint density at radius 1 is 0.695 bits per heavy atom. The molecule has 0 unspecified atom stereocenters. The molecule has 0 aliphatic rings. The number of aromatic nitrogens is 1. The molecule has 298 valence electrons. The minimum atomic E-state index is -1.77. The third kappa shape index (κ3) is 8.94. The van der Waals surface area contributed by atoms with Crippen molar-refractivity contribution in [2.24, 2.45) is 0 Å². The van der Waals surface area contributed by atoms with Crippen LogP contribution in [0.3, 0.4) is 0 Å². The quantitative estimate of drug-likeness (QED) is 0.0899. The topological polar surface area (TPSA) is 101 Å². The molecule has 0 fully saturated rings. The number of carbonyl (C=O) groups excluding carboxylic acids is 2. The van der Waals surface area contributed by atoms with Crippen molar-refractivity contribution in [2.75, 3.05) is 5.32 Å². The van der Waals surface area contributed by atoms with Gasteiger partial charge in [-0.05, 0) is 76.6 Å². The molecule has 1 heterocycles. The Kier molecular flexibility index (Phi) is 12.6. The standard InChI is InChI=1S/C51H47FN2O5/c1-35(2)47-46(50(57)53-42-26-16-7-17-27-42)45(36-18-8-3-9-19-36)48(37-28-30-41(52)31-29-37)54(47)33-32-43(55)34-44(56)59-49(38-20-10-4-11-21-38)51(58,39-22-12-5-13-23-39)40-24-14-6-15-25-40/h3-31,35,43,49,55,58H,32-34H2,1-2H3,(H,53,57)/t43-,49-/m1/s1. The van der Waals surface area contributed by atoms with Crippen molar-refractivity contribution < 1.29 is 28.9 Å². The molecular weight excluding hydrogens is 740 g/mol. The number of nitrogens with one attached hydrogen (secondary N) is 1. The second-order valence-corrected chi connectivity index (χ2v) is 14.9. The third-order valence-corrected chi connectivity index (χ3v) is 10.5. The highest BCUT2D eigenvalue weighted by Crippen LogP contribution is 2.45. The average molecular weight is 787 g/mol. The maximum Gasteiger partial charge on any atom is 0.309 e. The van der Waals surface area contributed by atoms with Crippen LogP contribution in [0.15, 0.2) is 176 Å². The minimum absolute atomic E-state index is 0.114. The van der Waals surface area contributed by atoms with Gasteiger partial charge >= 0.3 is 5.97 Å². The number of amides is 1. The van der Waals surface area contributed by atoms with E-state index >= 15 is 0 Å². The first kappa shape index (κ1) is 40.6. The first-order chi connectivity index (χ1) is 28.6. The molecule has 0 bridgehead atoms. The first-order valence-electron chi connectivity index (χ1n) is 19.8. The lowest BCUT2D eigenvalue weighted by Gasteiger charge is -2.37. The molecule has 2 atom stereocenters. The summed E-state index contributed by atoms with van der Waals surface area (Å²) in [6.45, 7) is 4.23. The molecule has 6 aromatic carbocycles. The number of carbonyl (C=O) groups is 2. The van der Waals surface area contributed by atoms with Gasteiger partial charge in [-0.2, -0.15) is 0 Å². The normalized spacial score (nSPS) is 12.5. The van der Waals surface area contributed by atoms with Crippen molar-refractivity contribution in [1.82, 2.24) is 4.57 Å². The lowest BCUT2D eigenvalue weighted by atomic mass is 9.79. The molecule has 59 heavy (non-hydrogen) atoms. The van der Waals surface area contributed by atoms with Gasteiger partial charge in [0.2, 0.25) is 0 Å². The van der Waals surface area contributed by atoms with Gasteiger partial charge in [0.25, 0.3) is 5.91 Å². The smallest absolute Gasteiger partial charge is 0.309 e. The fraction of sp³-hybridized carbons (Fsp3) is 0.176. The van der Waals surface area contributed by atoms with Crippen LogP contribution in [0.2, 0.25) is 0 Å². The van der Waals surface area contributed by atoms with Gasteiger partial charge in [0.1, 0.15) is 5.82 Å². The molecule has 1 amide bonds. The predicted octanol–water partition coefficient (Wildman–Crippen LogP) is 10.7. The fourth-order valence-corrected chi connectivity index (χ4v) is 7.84. The van der Waals surface area contributed by atoms with Crippen molar-refractivity contribution in [3.8, 4) is 22.4 Å². The van der Waals surface area contributed by atoms with Crippen LogP contribution < -0.4 is 5.32 Å². The van der Waals surface area contributed by atoms with Crippen molar-refractivity contribution in [2.45, 2.75) is 57.0 Å². The molecule has 8 heteroatoms. The zero-order chi connectivity index (χ0) is 41.4. The number of nitrogens with zero attached hydrogens (tertiary/aromatic N) is 1. The number of halogens is 1. The molecule has 0 radical (unpaired) electrons. The number of esters is 1. The lowest BCUT2D eigenvalue weighted by Crippen LogP contribution is -2.38. The summed E-state index contributed by atoms with van der Waals surface area (Å²) >= 11 is 0. The van der Waals surface area contributed by atoms with Gasteiger partial charge in [-0.3, -0.25) is 9.59 Å². The Morgan fingerprint density at radius 2 is 1.20 bits per heavy atom. The van der Waals surface area contributed by atoms with Gasteiger partial charge in [0, 0.05) is 23.5 Å². The second-order valence-electron chi connectivity index (χ2n) is 14.9. The van der Waals surface area contributed by atoms with E-state index in [4.69, 9.17) is 4.74 Å². The summed E-state index contributed by atoms with van der Waals surface area (Å²) in [5.74, 6) is -1.56. The van der Waals surface area contributed by atoms with E-state index in [9.17, 15) is 24.2 Å². The van der Waals surface area contributed by atoms with Crippen LogP contribution in [0.4, 0.5) is 10.1 Å². The van der Waals surface area contributed by atoms with Gasteiger partial charge in [0.15, 0.2) is 11.7 Å². The van der Waals surface area contributed by atoms with Crippen LogP contribution in [0.1, 0.15) is 71.5 Å². The summed E-state index contributed by atoms with van der Waals surface area (Å²) in [5, 5.41) is 27.4. The van der Waals surface area contributed by atoms with E-state index < -0.39 is 29.6 Å². The van der Waals surface area contributed by atoms with Crippen LogP contribution >= 0.6 is 0 Å². The van der Waals surface area contributed by atoms with E-state index in [-0.39, 0.29) is 31.2 Å². The largest absolute Gasteiger partial charge is 0.454 e. The van der Waals surface area contributed by atoms with Crippen LogP contribution in [-0.4, -0.2) is 32.8 Å². The van der Waals surface area contributed by atoms with Gasteiger partial charge < -0.3 is 24.8 Å². The molecule has 0 spiro atoms. The van der Waals surface area contributed by atoms with Crippen LogP contribution in [0.25, 0.3) is 22.4 Å². The monoisotopic (exact) mass is 786 g/mol. The number of rotatable bonds is 15. The van der Waals surface area contributed by atoms with E-state index in [0.29, 0.717) is 44.8 Å². The number of hydrogen-bond donors (Lipinski definition) is 3. The number of anilines is 1. The molecule has 7 rings (SSSR count). The molecule has 7 nitrogen and oxygen atoms in total. The van der Waals surface area contributed by atoms with Gasteiger partial charge in [-0.15, -0.1) is 0 Å². The molecule has 0 aliphatic heterocycles. The summed E-state index contributed by atoms with van der Waals surface area (Å²) < 4.78 is 22.6. The Bertz CT molecular complexity index is 2420. The van der Waals surface area contributed by atoms with Crippen molar-refractivity contribution >= 4 is 17.6 Å². The summed E-state index contributed by atoms with van der Waals surface area (Å²) in [5.41, 5.74) is 4.57. The second kappa shape index (κ2) is 18.3. The fourth-order valence-electron chi connectivity index (χ4n) is 7.84. The highest BCUT2D eigenvalue weighted by Gasteiger charge is 2.44. The van der Waals surface area contributed by atoms with E-state index in [1.54, 1.807) is 48.5 Å². The van der Waals surface area contributed by atoms with Crippen molar-refractivity contribution in [3.63, 3.8) is 0 Å². The van der Waals surface area contributed by atoms with E-state index in [2.05, 4.69) is 5.32 Å². The molecule has 7 aromatic rings. The molecule has 1 aromatic heterocycles. The number of aliphatic hydroxyl groups excluding tert-OH is 1. The Balaban J connectivity index is 1.24. The van der Waals surface area contributed by atoms with Crippen LogP contribution in [-0.2, 0) is 21.7 Å². The number of ether oxygens (including phenoxy) is 1. The number of hydrogen-bond acceptors (Lipinski definition) is 5. The lowest BCUT2D eigenvalue weighted by molar-refractivity contribution is -0.165. The van der Waals surface area contributed by atoms with Crippen molar-refractivity contribution in [3.05, 3.63) is 210 Å². The maximum atomic E-state index is 14.5. The van der Waals surface area contributed by atoms with E-state index in [1.807, 2.05) is 134 Å². The maximum absolute atomic E-state index is 14.5. The first-order valence-corrected chi connectivity index (χ1v) is 19.8. The predicted molar refractivity (Wildman–Crippen MR) is 230 cm³/mol. The summed E-state index contributed by atoms with van der Waals surface area (Å²) in [7, 11) is 0. The average Bonchev–Trinajstić information content (AvgIpc) is 3.62. The Hall–Kier alpha value is -6.61. The van der Waals surface area contributed by atoms with Gasteiger partial charge in [0.05, 0.1) is 23.8 Å². The summed E-state index contributed by atoms with van der Waals surface area (Å²) in [6.07, 6.45) is -2.57. The van der Waals surface area contributed by atoms with Crippen LogP contribution in [0, 0.1) is 5.82 Å². The molecule has 0 aliphatic carbocycles.